The zero-order valence-corrected chi connectivity index (χ0v) is 13.0. The van der Waals surface area contributed by atoms with Crippen LogP contribution in [0.5, 0.6) is 0 Å². The van der Waals surface area contributed by atoms with Crippen molar-refractivity contribution in [3.63, 3.8) is 0 Å². The Morgan fingerprint density at radius 3 is 2.65 bits per heavy atom. The molecule has 0 bridgehead atoms. The summed E-state index contributed by atoms with van der Waals surface area (Å²) in [5.41, 5.74) is 0.594. The fourth-order valence-corrected chi connectivity index (χ4v) is 3.53. The first-order valence-electron chi connectivity index (χ1n) is 7.25. The van der Waals surface area contributed by atoms with Crippen molar-refractivity contribution >= 4 is 33.8 Å². The third-order valence-electron chi connectivity index (χ3n) is 3.93. The zero-order chi connectivity index (χ0) is 15.8. The number of imidazole rings is 1. The highest BCUT2D eigenvalue weighted by molar-refractivity contribution is 7.13. The van der Waals surface area contributed by atoms with E-state index in [4.69, 9.17) is 0 Å². The summed E-state index contributed by atoms with van der Waals surface area (Å²) in [6.07, 6.45) is 3.47. The lowest BCUT2D eigenvalue weighted by molar-refractivity contribution is -0.389. The van der Waals surface area contributed by atoms with Crippen LogP contribution in [-0.4, -0.2) is 45.5 Å². The third-order valence-corrected chi connectivity index (χ3v) is 4.76. The number of piperazine rings is 1. The fraction of sp³-hybridized carbons (Fsp3) is 0.286. The molecule has 3 aromatic rings. The van der Waals surface area contributed by atoms with Gasteiger partial charge in [-0.1, -0.05) is 6.07 Å². The minimum absolute atomic E-state index is 0.0308. The molecule has 1 aliphatic heterocycles. The number of fused-ring (bicyclic) bond motifs is 1. The molecule has 0 radical (unpaired) electrons. The van der Waals surface area contributed by atoms with Gasteiger partial charge in [0.2, 0.25) is 11.5 Å². The molecule has 0 N–H and O–H groups in total. The van der Waals surface area contributed by atoms with Gasteiger partial charge >= 0.3 is 5.82 Å². The predicted octanol–water partition coefficient (Wildman–Crippen LogP) is 2.03. The summed E-state index contributed by atoms with van der Waals surface area (Å²) in [5, 5.41) is 14.4. The highest BCUT2D eigenvalue weighted by Gasteiger charge is 2.29. The summed E-state index contributed by atoms with van der Waals surface area (Å²) in [5.74, 6) is 0.475. The minimum atomic E-state index is -0.359. The van der Waals surface area contributed by atoms with Crippen molar-refractivity contribution in [2.75, 3.05) is 36.0 Å². The molecule has 0 amide bonds. The van der Waals surface area contributed by atoms with Crippen LogP contribution >= 0.6 is 11.3 Å². The summed E-state index contributed by atoms with van der Waals surface area (Å²) in [7, 11) is 0. The van der Waals surface area contributed by atoms with E-state index in [1.807, 2.05) is 16.3 Å². The molecule has 118 valence electrons. The van der Waals surface area contributed by atoms with Gasteiger partial charge in [0.1, 0.15) is 0 Å². The Balaban J connectivity index is 1.63. The first-order chi connectivity index (χ1) is 11.2. The van der Waals surface area contributed by atoms with Crippen LogP contribution in [0.1, 0.15) is 0 Å². The molecule has 4 heterocycles. The van der Waals surface area contributed by atoms with E-state index in [1.54, 1.807) is 35.9 Å². The van der Waals surface area contributed by atoms with Gasteiger partial charge in [-0.15, -0.1) is 11.3 Å². The number of pyridine rings is 1. The normalized spacial score (nSPS) is 15.3. The molecule has 23 heavy (non-hydrogen) atoms. The molecule has 1 fully saturated rings. The van der Waals surface area contributed by atoms with Gasteiger partial charge in [0, 0.05) is 43.8 Å². The van der Waals surface area contributed by atoms with Crippen molar-refractivity contribution in [2.24, 2.45) is 0 Å². The number of anilines is 2. The van der Waals surface area contributed by atoms with Crippen LogP contribution < -0.4 is 9.80 Å². The highest BCUT2D eigenvalue weighted by atomic mass is 32.1. The van der Waals surface area contributed by atoms with Gasteiger partial charge in [0.15, 0.2) is 5.13 Å². The first kappa shape index (κ1) is 13.9. The number of nitrogens with zero attached hydrogens (tertiary/aromatic N) is 6. The van der Waals surface area contributed by atoms with Crippen molar-refractivity contribution in [2.45, 2.75) is 0 Å². The van der Waals surface area contributed by atoms with Crippen LogP contribution in [0.4, 0.5) is 16.8 Å². The molecule has 0 spiro atoms. The van der Waals surface area contributed by atoms with E-state index in [-0.39, 0.29) is 10.7 Å². The Morgan fingerprint density at radius 1 is 1.17 bits per heavy atom. The van der Waals surface area contributed by atoms with Gasteiger partial charge in [0.05, 0.1) is 6.20 Å². The Hall–Kier alpha value is -2.68. The fourth-order valence-electron chi connectivity index (χ4n) is 2.83. The number of thiazole rings is 1. The third kappa shape index (κ3) is 2.38. The second-order valence-electron chi connectivity index (χ2n) is 5.23. The summed E-state index contributed by atoms with van der Waals surface area (Å²) < 4.78 is 1.53. The predicted molar refractivity (Wildman–Crippen MR) is 88.4 cm³/mol. The molecule has 0 saturated carbocycles. The second-order valence-corrected chi connectivity index (χ2v) is 6.11. The van der Waals surface area contributed by atoms with Gasteiger partial charge in [-0.05, 0) is 11.0 Å². The average molecular weight is 330 g/mol. The molecule has 8 nitrogen and oxygen atoms in total. The lowest BCUT2D eigenvalue weighted by atomic mass is 10.3. The number of hydrogen-bond acceptors (Lipinski definition) is 7. The van der Waals surface area contributed by atoms with Crippen molar-refractivity contribution in [1.29, 1.82) is 0 Å². The Bertz CT molecular complexity index is 838. The number of aromatic nitrogens is 3. The zero-order valence-electron chi connectivity index (χ0n) is 12.2. The molecular weight excluding hydrogens is 316 g/mol. The van der Waals surface area contributed by atoms with E-state index in [0.717, 1.165) is 18.2 Å². The topological polar surface area (TPSA) is 79.8 Å². The quantitative estimate of drug-likeness (QED) is 0.540. The smallest absolute Gasteiger partial charge is 0.358 e. The lowest BCUT2D eigenvalue weighted by Gasteiger charge is -2.34. The molecular formula is C14H14N6O2S. The monoisotopic (exact) mass is 330 g/mol. The molecule has 9 heteroatoms. The standard InChI is InChI=1S/C14H14N6O2S/c21-20(22)13-12(16-11-3-1-2-5-19(11)13)17-6-8-18(9-7-17)14-15-4-10-23-14/h1-5,10H,6-9H2. The second kappa shape index (κ2) is 5.51. The SMILES string of the molecule is O=[N+]([O-])c1c(N2CCN(c3nccs3)CC2)nc2ccccn12. The number of nitro groups is 1. The van der Waals surface area contributed by atoms with E-state index >= 15 is 0 Å². The van der Waals surface area contributed by atoms with Gasteiger partial charge in [0.25, 0.3) is 0 Å². The van der Waals surface area contributed by atoms with Gasteiger partial charge in [-0.25, -0.2) is 4.98 Å². The molecule has 0 unspecified atom stereocenters. The highest BCUT2D eigenvalue weighted by Crippen LogP contribution is 2.30. The average Bonchev–Trinajstić information content (AvgIpc) is 3.22. The van der Waals surface area contributed by atoms with Crippen LogP contribution in [0.25, 0.3) is 5.65 Å². The largest absolute Gasteiger partial charge is 0.372 e. The summed E-state index contributed by atoms with van der Waals surface area (Å²) in [6.45, 7) is 2.92. The van der Waals surface area contributed by atoms with Gasteiger partial charge in [-0.2, -0.15) is 9.38 Å². The van der Waals surface area contributed by atoms with Gasteiger partial charge < -0.3 is 19.9 Å². The first-order valence-corrected chi connectivity index (χ1v) is 8.13. The van der Waals surface area contributed by atoms with E-state index in [9.17, 15) is 10.1 Å². The van der Waals surface area contributed by atoms with Crippen molar-refractivity contribution < 1.29 is 4.92 Å². The molecule has 0 aromatic carbocycles. The van der Waals surface area contributed by atoms with Crippen LogP contribution in [0.15, 0.2) is 36.0 Å². The maximum absolute atomic E-state index is 11.5. The van der Waals surface area contributed by atoms with Crippen LogP contribution in [0.3, 0.4) is 0 Å². The minimum Gasteiger partial charge on any atom is -0.358 e. The van der Waals surface area contributed by atoms with Crippen LogP contribution in [-0.2, 0) is 0 Å². The van der Waals surface area contributed by atoms with E-state index in [0.29, 0.717) is 24.6 Å². The summed E-state index contributed by atoms with van der Waals surface area (Å²) >= 11 is 1.61. The maximum Gasteiger partial charge on any atom is 0.372 e. The van der Waals surface area contributed by atoms with E-state index < -0.39 is 0 Å². The van der Waals surface area contributed by atoms with Crippen LogP contribution in [0, 0.1) is 10.1 Å². The Kier molecular flexibility index (Phi) is 3.34. The number of hydrogen-bond donors (Lipinski definition) is 0. The molecule has 0 aliphatic carbocycles. The molecule has 0 atom stereocenters. The van der Waals surface area contributed by atoms with E-state index in [1.165, 1.54) is 4.40 Å². The van der Waals surface area contributed by atoms with Crippen molar-refractivity contribution in [1.82, 2.24) is 14.4 Å². The van der Waals surface area contributed by atoms with E-state index in [2.05, 4.69) is 14.9 Å². The molecule has 1 aliphatic rings. The lowest BCUT2D eigenvalue weighted by Crippen LogP contribution is -2.46. The molecule has 1 saturated heterocycles. The summed E-state index contributed by atoms with van der Waals surface area (Å²) in [6, 6.07) is 5.38. The summed E-state index contributed by atoms with van der Waals surface area (Å²) in [4.78, 5) is 24.1. The maximum atomic E-state index is 11.5. The Labute approximate surface area is 135 Å². The van der Waals surface area contributed by atoms with Gasteiger partial charge in [-0.3, -0.25) is 0 Å². The number of rotatable bonds is 3. The van der Waals surface area contributed by atoms with Crippen LogP contribution in [0.2, 0.25) is 0 Å². The molecule has 4 rings (SSSR count). The van der Waals surface area contributed by atoms with Crippen molar-refractivity contribution in [3.8, 4) is 0 Å². The Morgan fingerprint density at radius 2 is 1.96 bits per heavy atom. The molecule has 3 aromatic heterocycles. The van der Waals surface area contributed by atoms with Crippen molar-refractivity contribution in [3.05, 3.63) is 46.1 Å².